The van der Waals surface area contributed by atoms with Crippen LogP contribution in [0.5, 0.6) is 0 Å². The van der Waals surface area contributed by atoms with Crippen molar-refractivity contribution in [2.45, 2.75) is 19.4 Å². The van der Waals surface area contributed by atoms with Crippen LogP contribution in [0.25, 0.3) is 0 Å². The van der Waals surface area contributed by atoms with E-state index in [9.17, 15) is 4.79 Å². The van der Waals surface area contributed by atoms with E-state index < -0.39 is 0 Å². The first-order chi connectivity index (χ1) is 11.0. The van der Waals surface area contributed by atoms with Crippen molar-refractivity contribution in [2.24, 2.45) is 0 Å². The van der Waals surface area contributed by atoms with Gasteiger partial charge in [-0.15, -0.1) is 0 Å². The highest BCUT2D eigenvalue weighted by molar-refractivity contribution is 14.1. The summed E-state index contributed by atoms with van der Waals surface area (Å²) in [6, 6.07) is 16.4. The molecule has 0 spiro atoms. The first-order valence-corrected chi connectivity index (χ1v) is 8.88. The van der Waals surface area contributed by atoms with Crippen molar-refractivity contribution in [2.75, 3.05) is 20.6 Å². The summed E-state index contributed by atoms with van der Waals surface area (Å²) in [5, 5.41) is 3.06. The highest BCUT2D eigenvalue weighted by atomic mass is 127. The van der Waals surface area contributed by atoms with Crippen molar-refractivity contribution in [3.63, 3.8) is 0 Å². The van der Waals surface area contributed by atoms with Gasteiger partial charge in [0.15, 0.2) is 0 Å². The third kappa shape index (κ3) is 4.78. The molecule has 1 unspecified atom stereocenters. The molecule has 0 aliphatic carbocycles. The number of carbonyl (C=O) groups excluding carboxylic acids is 1. The van der Waals surface area contributed by atoms with Crippen LogP contribution in [-0.2, 0) is 6.42 Å². The summed E-state index contributed by atoms with van der Waals surface area (Å²) < 4.78 is 0.969. The molecule has 1 amide bonds. The molecule has 3 nitrogen and oxygen atoms in total. The molecule has 122 valence electrons. The minimum atomic E-state index is -0.0213. The molecule has 0 aromatic heterocycles. The number of carbonyl (C=O) groups is 1. The van der Waals surface area contributed by atoms with E-state index in [2.05, 4.69) is 64.0 Å². The maximum Gasteiger partial charge on any atom is 0.252 e. The molecule has 0 aliphatic rings. The molecule has 0 aliphatic heterocycles. The fourth-order valence-electron chi connectivity index (χ4n) is 2.50. The van der Waals surface area contributed by atoms with Gasteiger partial charge < -0.3 is 10.2 Å². The number of benzene rings is 2. The van der Waals surface area contributed by atoms with Gasteiger partial charge in [0.25, 0.3) is 5.91 Å². The molecule has 2 aromatic rings. The molecule has 1 atom stereocenters. The van der Waals surface area contributed by atoms with Crippen molar-refractivity contribution >= 4 is 28.5 Å². The van der Waals surface area contributed by atoms with Crippen LogP contribution in [0.4, 0.5) is 0 Å². The van der Waals surface area contributed by atoms with E-state index in [0.717, 1.165) is 15.6 Å². The Morgan fingerprint density at radius 1 is 1.13 bits per heavy atom. The molecule has 2 aromatic carbocycles. The van der Waals surface area contributed by atoms with Crippen molar-refractivity contribution in [1.29, 1.82) is 0 Å². The average molecular weight is 422 g/mol. The Labute approximate surface area is 152 Å². The summed E-state index contributed by atoms with van der Waals surface area (Å²) in [6.45, 7) is 2.74. The number of amides is 1. The van der Waals surface area contributed by atoms with Gasteiger partial charge in [-0.2, -0.15) is 0 Å². The van der Waals surface area contributed by atoms with E-state index in [4.69, 9.17) is 0 Å². The van der Waals surface area contributed by atoms with Crippen LogP contribution >= 0.6 is 22.6 Å². The highest BCUT2D eigenvalue weighted by Gasteiger charge is 2.16. The van der Waals surface area contributed by atoms with E-state index in [1.807, 2.05) is 38.4 Å². The summed E-state index contributed by atoms with van der Waals surface area (Å²) in [6.07, 6.45) is 1.04. The molecule has 4 heteroatoms. The van der Waals surface area contributed by atoms with Crippen molar-refractivity contribution in [3.8, 4) is 0 Å². The maximum atomic E-state index is 12.4. The van der Waals surface area contributed by atoms with E-state index in [1.54, 1.807) is 0 Å². The Bertz CT molecular complexity index is 653. The number of rotatable bonds is 6. The minimum Gasteiger partial charge on any atom is -0.350 e. The molecule has 0 saturated heterocycles. The largest absolute Gasteiger partial charge is 0.350 e. The standard InChI is InChI=1S/C19H23IN2O/c1-4-14-9-11-15(12-10-14)18(22(2)3)13-21-19(23)16-7-5-6-8-17(16)20/h5-12,18H,4,13H2,1-3H3,(H,21,23). The summed E-state index contributed by atoms with van der Waals surface area (Å²) in [4.78, 5) is 14.5. The Balaban J connectivity index is 2.08. The minimum absolute atomic E-state index is 0.0213. The SMILES string of the molecule is CCc1ccc(C(CNC(=O)c2ccccc2I)N(C)C)cc1. The van der Waals surface area contributed by atoms with E-state index >= 15 is 0 Å². The number of hydrogen-bond acceptors (Lipinski definition) is 2. The van der Waals surface area contributed by atoms with E-state index in [0.29, 0.717) is 6.54 Å². The lowest BCUT2D eigenvalue weighted by atomic mass is 10.0. The molecular weight excluding hydrogens is 399 g/mol. The summed E-state index contributed by atoms with van der Waals surface area (Å²) in [5.74, 6) is -0.0213. The third-order valence-corrected chi connectivity index (χ3v) is 4.91. The van der Waals surface area contributed by atoms with E-state index in [-0.39, 0.29) is 11.9 Å². The number of halogens is 1. The number of hydrogen-bond donors (Lipinski definition) is 1. The number of nitrogens with one attached hydrogen (secondary N) is 1. The zero-order valence-electron chi connectivity index (χ0n) is 13.8. The smallest absolute Gasteiger partial charge is 0.252 e. The molecule has 23 heavy (non-hydrogen) atoms. The molecular formula is C19H23IN2O. The Morgan fingerprint density at radius 3 is 2.35 bits per heavy atom. The second-order valence-electron chi connectivity index (χ2n) is 5.76. The molecule has 0 fully saturated rings. The van der Waals surface area contributed by atoms with Crippen LogP contribution in [-0.4, -0.2) is 31.4 Å². The van der Waals surface area contributed by atoms with Crippen LogP contribution in [0.2, 0.25) is 0 Å². The van der Waals surface area contributed by atoms with Crippen LogP contribution in [0, 0.1) is 3.57 Å². The molecule has 0 radical (unpaired) electrons. The topological polar surface area (TPSA) is 32.3 Å². The summed E-state index contributed by atoms with van der Waals surface area (Å²) >= 11 is 2.19. The Morgan fingerprint density at radius 2 is 1.78 bits per heavy atom. The normalized spacial score (nSPS) is 12.2. The fraction of sp³-hybridized carbons (Fsp3) is 0.316. The van der Waals surface area contributed by atoms with Gasteiger partial charge in [-0.3, -0.25) is 4.79 Å². The molecule has 0 bridgehead atoms. The Kier molecular flexibility index (Phi) is 6.59. The van der Waals surface area contributed by atoms with Crippen LogP contribution in [0.1, 0.15) is 34.5 Å². The first-order valence-electron chi connectivity index (χ1n) is 7.81. The van der Waals surface area contributed by atoms with Gasteiger partial charge in [0, 0.05) is 10.1 Å². The third-order valence-electron chi connectivity index (χ3n) is 3.97. The lowest BCUT2D eigenvalue weighted by Crippen LogP contribution is -2.34. The summed E-state index contributed by atoms with van der Waals surface area (Å²) in [5.41, 5.74) is 3.27. The van der Waals surface area contributed by atoms with Crippen molar-refractivity contribution in [1.82, 2.24) is 10.2 Å². The predicted molar refractivity (Wildman–Crippen MR) is 104 cm³/mol. The van der Waals surface area contributed by atoms with Gasteiger partial charge in [-0.1, -0.05) is 43.3 Å². The van der Waals surface area contributed by atoms with Crippen LogP contribution in [0.15, 0.2) is 48.5 Å². The average Bonchev–Trinajstić information content (AvgIpc) is 2.55. The lowest BCUT2D eigenvalue weighted by molar-refractivity contribution is 0.0941. The highest BCUT2D eigenvalue weighted by Crippen LogP contribution is 2.19. The molecule has 0 heterocycles. The summed E-state index contributed by atoms with van der Waals surface area (Å²) in [7, 11) is 4.08. The van der Waals surface area contributed by atoms with Gasteiger partial charge in [0.05, 0.1) is 11.6 Å². The first kappa shape index (κ1) is 17.9. The van der Waals surface area contributed by atoms with Crippen molar-refractivity contribution < 1.29 is 4.79 Å². The van der Waals surface area contributed by atoms with Crippen LogP contribution in [0.3, 0.4) is 0 Å². The molecule has 0 saturated carbocycles. The van der Waals surface area contributed by atoms with Gasteiger partial charge >= 0.3 is 0 Å². The van der Waals surface area contributed by atoms with Gasteiger partial charge in [-0.25, -0.2) is 0 Å². The fourth-order valence-corrected chi connectivity index (χ4v) is 3.14. The number of likely N-dealkylation sites (N-methyl/N-ethyl adjacent to an activating group) is 1. The predicted octanol–water partition coefficient (Wildman–Crippen LogP) is 3.89. The second-order valence-corrected chi connectivity index (χ2v) is 6.93. The lowest BCUT2D eigenvalue weighted by Gasteiger charge is -2.25. The van der Waals surface area contributed by atoms with Crippen LogP contribution < -0.4 is 5.32 Å². The van der Waals surface area contributed by atoms with Crippen molar-refractivity contribution in [3.05, 3.63) is 68.8 Å². The maximum absolute atomic E-state index is 12.4. The van der Waals surface area contributed by atoms with Gasteiger partial charge in [0.2, 0.25) is 0 Å². The zero-order chi connectivity index (χ0) is 16.8. The number of aryl methyl sites for hydroxylation is 1. The molecule has 2 rings (SSSR count). The quantitative estimate of drug-likeness (QED) is 0.717. The second kappa shape index (κ2) is 8.45. The van der Waals surface area contributed by atoms with Gasteiger partial charge in [0.1, 0.15) is 0 Å². The molecule has 1 N–H and O–H groups in total. The zero-order valence-corrected chi connectivity index (χ0v) is 16.0. The number of nitrogens with zero attached hydrogens (tertiary/aromatic N) is 1. The monoisotopic (exact) mass is 422 g/mol. The Hall–Kier alpha value is -1.40. The van der Waals surface area contributed by atoms with Gasteiger partial charge in [-0.05, 0) is 66.4 Å². The van der Waals surface area contributed by atoms with E-state index in [1.165, 1.54) is 11.1 Å².